The third-order valence-electron chi connectivity index (χ3n) is 4.24. The van der Waals surface area contributed by atoms with E-state index in [1.807, 2.05) is 6.20 Å². The first-order chi connectivity index (χ1) is 10.2. The quantitative estimate of drug-likeness (QED) is 0.849. The molecule has 2 fully saturated rings. The van der Waals surface area contributed by atoms with Crippen LogP contribution in [0.4, 0.5) is 0 Å². The summed E-state index contributed by atoms with van der Waals surface area (Å²) in [6, 6.07) is 2.79. The van der Waals surface area contributed by atoms with Crippen molar-refractivity contribution in [3.05, 3.63) is 22.3 Å². The molecular formula is C16H23BrN2O2. The van der Waals surface area contributed by atoms with Crippen LogP contribution in [-0.4, -0.2) is 30.3 Å². The predicted molar refractivity (Wildman–Crippen MR) is 85.5 cm³/mol. The predicted octanol–water partition coefficient (Wildman–Crippen LogP) is 3.43. The van der Waals surface area contributed by atoms with Crippen molar-refractivity contribution in [1.29, 1.82) is 0 Å². The Kier molecular flexibility index (Phi) is 5.14. The van der Waals surface area contributed by atoms with Gasteiger partial charge in [0.25, 0.3) is 0 Å². The van der Waals surface area contributed by atoms with E-state index in [-0.39, 0.29) is 6.10 Å². The van der Waals surface area contributed by atoms with Crippen molar-refractivity contribution < 1.29 is 9.47 Å². The van der Waals surface area contributed by atoms with Crippen molar-refractivity contribution in [3.63, 3.8) is 0 Å². The summed E-state index contributed by atoms with van der Waals surface area (Å²) in [5, 5.41) is 3.53. The van der Waals surface area contributed by atoms with Crippen LogP contribution < -0.4 is 10.1 Å². The second-order valence-electron chi connectivity index (χ2n) is 6.04. The molecule has 0 spiro atoms. The van der Waals surface area contributed by atoms with Crippen molar-refractivity contribution in [2.24, 2.45) is 0 Å². The molecule has 0 saturated heterocycles. The molecule has 1 aromatic heterocycles. The highest BCUT2D eigenvalue weighted by Gasteiger charge is 2.25. The van der Waals surface area contributed by atoms with Gasteiger partial charge in [-0.05, 0) is 54.1 Å². The molecule has 1 heterocycles. The van der Waals surface area contributed by atoms with Crippen LogP contribution in [-0.2, 0) is 11.3 Å². The second-order valence-corrected chi connectivity index (χ2v) is 6.95. The zero-order chi connectivity index (χ0) is 14.7. The van der Waals surface area contributed by atoms with Crippen molar-refractivity contribution in [3.8, 4) is 5.88 Å². The average Bonchev–Trinajstić information content (AvgIpc) is 3.32. The minimum absolute atomic E-state index is 0.219. The van der Waals surface area contributed by atoms with Gasteiger partial charge >= 0.3 is 0 Å². The average molecular weight is 355 g/mol. The molecule has 0 radical (unpaired) electrons. The van der Waals surface area contributed by atoms with Crippen LogP contribution in [0.15, 0.2) is 16.7 Å². The Bertz CT molecular complexity index is 479. The number of nitrogens with one attached hydrogen (secondary N) is 1. The van der Waals surface area contributed by atoms with Gasteiger partial charge in [-0.15, -0.1) is 0 Å². The van der Waals surface area contributed by atoms with E-state index in [0.717, 1.165) is 48.1 Å². The van der Waals surface area contributed by atoms with E-state index in [1.165, 1.54) is 12.8 Å². The molecule has 2 saturated carbocycles. The first-order valence-electron chi connectivity index (χ1n) is 7.82. The van der Waals surface area contributed by atoms with Crippen LogP contribution in [0.1, 0.15) is 44.1 Å². The fourth-order valence-electron chi connectivity index (χ4n) is 2.82. The number of aromatic nitrogens is 1. The van der Waals surface area contributed by atoms with E-state index in [2.05, 4.69) is 32.3 Å². The highest BCUT2D eigenvalue weighted by atomic mass is 79.9. The monoisotopic (exact) mass is 354 g/mol. The largest absolute Gasteiger partial charge is 0.474 e. The molecule has 0 aliphatic heterocycles. The Morgan fingerprint density at radius 2 is 2.10 bits per heavy atom. The van der Waals surface area contributed by atoms with Gasteiger partial charge in [-0.1, -0.05) is 0 Å². The van der Waals surface area contributed by atoms with Gasteiger partial charge in [0.1, 0.15) is 6.10 Å². The van der Waals surface area contributed by atoms with Gasteiger partial charge in [0.05, 0.1) is 6.10 Å². The number of ether oxygens (including phenoxy) is 2. The van der Waals surface area contributed by atoms with E-state index >= 15 is 0 Å². The lowest BCUT2D eigenvalue weighted by Gasteiger charge is -2.28. The van der Waals surface area contributed by atoms with Crippen molar-refractivity contribution in [1.82, 2.24) is 10.3 Å². The maximum atomic E-state index is 6.17. The molecule has 2 atom stereocenters. The molecule has 0 amide bonds. The molecule has 1 N–H and O–H groups in total. The Balaban J connectivity index is 1.65. The Morgan fingerprint density at radius 3 is 2.86 bits per heavy atom. The first kappa shape index (κ1) is 15.3. The Labute approximate surface area is 134 Å². The molecular weight excluding hydrogens is 332 g/mol. The zero-order valence-electron chi connectivity index (χ0n) is 12.5. The summed E-state index contributed by atoms with van der Waals surface area (Å²) in [5.41, 5.74) is 1.14. The molecule has 116 valence electrons. The summed E-state index contributed by atoms with van der Waals surface area (Å²) >= 11 is 3.50. The summed E-state index contributed by atoms with van der Waals surface area (Å²) in [6.45, 7) is 0.826. The zero-order valence-corrected chi connectivity index (χ0v) is 14.1. The van der Waals surface area contributed by atoms with E-state index in [4.69, 9.17) is 9.47 Å². The van der Waals surface area contributed by atoms with E-state index in [1.54, 1.807) is 7.11 Å². The number of hydrogen-bond acceptors (Lipinski definition) is 4. The number of hydrogen-bond donors (Lipinski definition) is 1. The fraction of sp³-hybridized carbons (Fsp3) is 0.688. The van der Waals surface area contributed by atoms with E-state index < -0.39 is 0 Å². The topological polar surface area (TPSA) is 43.4 Å². The van der Waals surface area contributed by atoms with Crippen molar-refractivity contribution in [2.75, 3.05) is 7.11 Å². The summed E-state index contributed by atoms with van der Waals surface area (Å²) < 4.78 is 12.7. The molecule has 1 aromatic rings. The molecule has 21 heavy (non-hydrogen) atoms. The molecule has 2 aliphatic carbocycles. The normalized spacial score (nSPS) is 25.8. The minimum atomic E-state index is 0.219. The summed E-state index contributed by atoms with van der Waals surface area (Å²) in [6.07, 6.45) is 9.29. The Hall–Kier alpha value is -0.650. The number of halogens is 1. The van der Waals surface area contributed by atoms with E-state index in [0.29, 0.717) is 12.1 Å². The number of pyridine rings is 1. The molecule has 0 aromatic carbocycles. The minimum Gasteiger partial charge on any atom is -0.474 e. The number of rotatable bonds is 6. The lowest BCUT2D eigenvalue weighted by Crippen LogP contribution is -2.30. The number of nitrogens with zero attached hydrogens (tertiary/aromatic N) is 1. The van der Waals surface area contributed by atoms with Gasteiger partial charge in [-0.25, -0.2) is 4.98 Å². The molecule has 2 aliphatic rings. The molecule has 2 unspecified atom stereocenters. The lowest BCUT2D eigenvalue weighted by molar-refractivity contribution is 0.0191. The first-order valence-corrected chi connectivity index (χ1v) is 8.61. The van der Waals surface area contributed by atoms with Gasteiger partial charge < -0.3 is 14.8 Å². The van der Waals surface area contributed by atoms with Gasteiger partial charge in [0.2, 0.25) is 5.88 Å². The van der Waals surface area contributed by atoms with Gasteiger partial charge in [0.15, 0.2) is 0 Å². The SMILES string of the molecule is COC1CCCC(Oc2ncc(Br)cc2CNC2CC2)C1. The smallest absolute Gasteiger partial charge is 0.218 e. The van der Waals surface area contributed by atoms with Gasteiger partial charge in [0, 0.05) is 42.4 Å². The maximum absolute atomic E-state index is 6.17. The molecule has 3 rings (SSSR count). The van der Waals surface area contributed by atoms with Crippen LogP contribution in [0.5, 0.6) is 5.88 Å². The fourth-order valence-corrected chi connectivity index (χ4v) is 3.20. The highest BCUT2D eigenvalue weighted by molar-refractivity contribution is 9.10. The standard InChI is InChI=1S/C16H23BrN2O2/c1-20-14-3-2-4-15(8-14)21-16-11(7-12(17)10-19-16)9-18-13-5-6-13/h7,10,13-15,18H,2-6,8-9H2,1H3. The maximum Gasteiger partial charge on any atom is 0.218 e. The van der Waals surface area contributed by atoms with Crippen LogP contribution >= 0.6 is 15.9 Å². The third-order valence-corrected chi connectivity index (χ3v) is 4.67. The van der Waals surface area contributed by atoms with Gasteiger partial charge in [-0.2, -0.15) is 0 Å². The molecule has 0 bridgehead atoms. The summed E-state index contributed by atoms with van der Waals surface area (Å²) in [7, 11) is 1.79. The van der Waals surface area contributed by atoms with Crippen LogP contribution in [0.2, 0.25) is 0 Å². The second kappa shape index (κ2) is 7.07. The molecule has 5 heteroatoms. The summed E-state index contributed by atoms with van der Waals surface area (Å²) in [5.74, 6) is 0.771. The lowest BCUT2D eigenvalue weighted by atomic mass is 9.95. The molecule has 4 nitrogen and oxygen atoms in total. The van der Waals surface area contributed by atoms with Crippen LogP contribution in [0.3, 0.4) is 0 Å². The Morgan fingerprint density at radius 1 is 1.29 bits per heavy atom. The third kappa shape index (κ3) is 4.41. The van der Waals surface area contributed by atoms with Crippen LogP contribution in [0.25, 0.3) is 0 Å². The van der Waals surface area contributed by atoms with Gasteiger partial charge in [-0.3, -0.25) is 0 Å². The van der Waals surface area contributed by atoms with E-state index in [9.17, 15) is 0 Å². The highest BCUT2D eigenvalue weighted by Crippen LogP contribution is 2.28. The van der Waals surface area contributed by atoms with Crippen LogP contribution in [0, 0.1) is 0 Å². The van der Waals surface area contributed by atoms with Crippen molar-refractivity contribution >= 4 is 15.9 Å². The number of methoxy groups -OCH3 is 1. The summed E-state index contributed by atoms with van der Waals surface area (Å²) in [4.78, 5) is 4.47. The van der Waals surface area contributed by atoms with Crippen molar-refractivity contribution in [2.45, 2.75) is 63.3 Å².